The highest BCUT2D eigenvalue weighted by Gasteiger charge is 2.38. The van der Waals surface area contributed by atoms with Gasteiger partial charge in [-0.1, -0.05) is 26.8 Å². The topological polar surface area (TPSA) is 109 Å². The van der Waals surface area contributed by atoms with Crippen LogP contribution in [0.2, 0.25) is 18.1 Å². The number of fused-ring (bicyclic) bond motifs is 1. The molecule has 0 radical (unpaired) electrons. The smallest absolute Gasteiger partial charge is 0.316 e. The quantitative estimate of drug-likeness (QED) is 0.393. The number of rotatable bonds is 8. The summed E-state index contributed by atoms with van der Waals surface area (Å²) in [5.41, 5.74) is 5.60. The van der Waals surface area contributed by atoms with Crippen molar-refractivity contribution < 1.29 is 9.16 Å². The summed E-state index contributed by atoms with van der Waals surface area (Å²) in [5.74, 6) is 0.755. The fourth-order valence-corrected chi connectivity index (χ4v) is 5.21. The lowest BCUT2D eigenvalue weighted by Crippen LogP contribution is -2.42. The molecule has 0 spiro atoms. The van der Waals surface area contributed by atoms with Gasteiger partial charge in [0.1, 0.15) is 18.2 Å². The molecule has 200 valence electrons. The van der Waals surface area contributed by atoms with Gasteiger partial charge in [0.05, 0.1) is 36.7 Å². The number of benzene rings is 1. The van der Waals surface area contributed by atoms with Crippen LogP contribution in [0.3, 0.4) is 0 Å². The number of aromatic nitrogens is 4. The zero-order valence-electron chi connectivity index (χ0n) is 23.4. The predicted octanol–water partition coefficient (Wildman–Crippen LogP) is 5.19. The Morgan fingerprint density at radius 2 is 1.89 bits per heavy atom. The monoisotopic (exact) mass is 531 g/mol. The third-order valence-electron chi connectivity index (χ3n) is 7.58. The number of hydrogen-bond donors (Lipinski definition) is 1. The second kappa shape index (κ2) is 11.1. The van der Waals surface area contributed by atoms with Crippen molar-refractivity contribution in [1.29, 1.82) is 5.26 Å². The van der Waals surface area contributed by atoms with Crippen LogP contribution in [0.4, 0.5) is 11.5 Å². The molecule has 0 amide bonds. The van der Waals surface area contributed by atoms with Crippen LogP contribution in [0, 0.1) is 18.3 Å². The molecule has 0 saturated heterocycles. The molecular formula is C28H37N7O2Si. The number of aryl methyl sites for hydroxylation is 1. The van der Waals surface area contributed by atoms with E-state index < -0.39 is 8.32 Å². The van der Waals surface area contributed by atoms with Gasteiger partial charge in [0.2, 0.25) is 0 Å². The molecule has 0 bridgehead atoms. The standard InChI is InChI=1S/C28H37N7O2Si/c1-19-8-9-25(20(12-19)13-29)35-11-10-23-22(16-35)26(33-18-32-23)34-24(17-37-38(6,7)28(2,3)4)21-14-30-27(36-5)31-15-21/h8-9,12,14-15,18,24H,10-11,16-17H2,1-7H3,(H,32,33,34)/t24-/m1/s1. The van der Waals surface area contributed by atoms with Crippen molar-refractivity contribution in [3.8, 4) is 12.1 Å². The summed E-state index contributed by atoms with van der Waals surface area (Å²) in [4.78, 5) is 20.1. The Labute approximate surface area is 226 Å². The van der Waals surface area contributed by atoms with Crippen molar-refractivity contribution >= 4 is 19.8 Å². The summed E-state index contributed by atoms with van der Waals surface area (Å²) in [5, 5.41) is 13.4. The number of anilines is 2. The molecule has 1 aliphatic heterocycles. The lowest BCUT2D eigenvalue weighted by atomic mass is 10.0. The van der Waals surface area contributed by atoms with Crippen LogP contribution < -0.4 is 15.0 Å². The molecule has 2 aromatic heterocycles. The van der Waals surface area contributed by atoms with Gasteiger partial charge in [-0.3, -0.25) is 0 Å². The molecule has 0 unspecified atom stereocenters. The first-order valence-corrected chi connectivity index (χ1v) is 15.8. The average molecular weight is 532 g/mol. The van der Waals surface area contributed by atoms with Crippen molar-refractivity contribution in [3.05, 3.63) is 64.9 Å². The zero-order chi connectivity index (χ0) is 27.5. The van der Waals surface area contributed by atoms with Crippen LogP contribution >= 0.6 is 0 Å². The minimum absolute atomic E-state index is 0.0784. The second-order valence-corrected chi connectivity index (χ2v) is 16.0. The summed E-state index contributed by atoms with van der Waals surface area (Å²) < 4.78 is 11.8. The number of hydrogen-bond acceptors (Lipinski definition) is 9. The van der Waals surface area contributed by atoms with Gasteiger partial charge < -0.3 is 19.4 Å². The van der Waals surface area contributed by atoms with Gasteiger partial charge in [0.15, 0.2) is 8.32 Å². The van der Waals surface area contributed by atoms with Crippen molar-refractivity contribution in [1.82, 2.24) is 19.9 Å². The Hall–Kier alpha value is -3.55. The van der Waals surface area contributed by atoms with E-state index in [2.05, 4.69) is 70.1 Å². The third kappa shape index (κ3) is 5.95. The van der Waals surface area contributed by atoms with Crippen LogP contribution in [0.25, 0.3) is 0 Å². The maximum atomic E-state index is 9.74. The number of nitrogens with zero attached hydrogens (tertiary/aromatic N) is 6. The Balaban J connectivity index is 1.65. The van der Waals surface area contributed by atoms with E-state index in [1.54, 1.807) is 25.8 Å². The molecule has 10 heteroatoms. The maximum absolute atomic E-state index is 9.74. The normalized spacial score (nSPS) is 14.4. The minimum atomic E-state index is -2.01. The van der Waals surface area contributed by atoms with Crippen molar-refractivity contribution in [3.63, 3.8) is 0 Å². The average Bonchev–Trinajstić information content (AvgIpc) is 2.90. The molecule has 1 aromatic carbocycles. The van der Waals surface area contributed by atoms with Crippen LogP contribution in [-0.2, 0) is 17.4 Å². The maximum Gasteiger partial charge on any atom is 0.316 e. The Bertz CT molecular complexity index is 1320. The summed E-state index contributed by atoms with van der Waals surface area (Å²) in [6.07, 6.45) is 5.91. The number of nitriles is 1. The molecule has 1 atom stereocenters. The summed E-state index contributed by atoms with van der Waals surface area (Å²) >= 11 is 0. The van der Waals surface area contributed by atoms with Crippen molar-refractivity contribution in [2.75, 3.05) is 30.5 Å². The largest absolute Gasteiger partial charge is 0.467 e. The Morgan fingerprint density at radius 1 is 1.16 bits per heavy atom. The summed E-state index contributed by atoms with van der Waals surface area (Å²) in [7, 11) is -0.460. The third-order valence-corrected chi connectivity index (χ3v) is 12.1. The fraction of sp³-hybridized carbons (Fsp3) is 0.464. The molecule has 0 saturated carbocycles. The Kier molecular flexibility index (Phi) is 7.99. The zero-order valence-corrected chi connectivity index (χ0v) is 24.4. The van der Waals surface area contributed by atoms with Gasteiger partial charge in [-0.15, -0.1) is 0 Å². The van der Waals surface area contributed by atoms with E-state index in [9.17, 15) is 5.26 Å². The molecule has 3 heterocycles. The highest BCUT2D eigenvalue weighted by atomic mass is 28.4. The summed E-state index contributed by atoms with van der Waals surface area (Å²) in [6.45, 7) is 15.0. The SMILES string of the molecule is COc1ncc([C@@H](CO[Si](C)(C)C(C)(C)C)Nc2ncnc3c2CN(c2ccc(C)cc2C#N)CC3)cn1. The van der Waals surface area contributed by atoms with Crippen LogP contribution in [0.15, 0.2) is 36.9 Å². The van der Waals surface area contributed by atoms with Gasteiger partial charge >= 0.3 is 6.01 Å². The van der Waals surface area contributed by atoms with E-state index in [-0.39, 0.29) is 11.1 Å². The number of methoxy groups -OCH3 is 1. The van der Waals surface area contributed by atoms with Crippen molar-refractivity contribution in [2.45, 2.75) is 64.8 Å². The summed E-state index contributed by atoms with van der Waals surface area (Å²) in [6, 6.07) is 8.46. The van der Waals surface area contributed by atoms with E-state index in [1.807, 2.05) is 25.1 Å². The van der Waals surface area contributed by atoms with Gasteiger partial charge in [-0.05, 0) is 42.8 Å². The first kappa shape index (κ1) is 27.5. The highest BCUT2D eigenvalue weighted by molar-refractivity contribution is 6.74. The molecule has 9 nitrogen and oxygen atoms in total. The lowest BCUT2D eigenvalue weighted by molar-refractivity contribution is 0.271. The number of ether oxygens (including phenoxy) is 1. The van der Waals surface area contributed by atoms with E-state index in [0.717, 1.165) is 46.9 Å². The molecule has 0 fully saturated rings. The Morgan fingerprint density at radius 3 is 2.55 bits per heavy atom. The molecule has 4 rings (SSSR count). The second-order valence-electron chi connectivity index (χ2n) is 11.2. The van der Waals surface area contributed by atoms with Crippen LogP contribution in [0.5, 0.6) is 6.01 Å². The van der Waals surface area contributed by atoms with Gasteiger partial charge in [0, 0.05) is 43.0 Å². The van der Waals surface area contributed by atoms with Crippen molar-refractivity contribution in [2.24, 2.45) is 0 Å². The molecule has 3 aromatic rings. The van der Waals surface area contributed by atoms with E-state index in [1.165, 1.54) is 0 Å². The van der Waals surface area contributed by atoms with E-state index in [4.69, 9.17) is 9.16 Å². The van der Waals surface area contributed by atoms with E-state index in [0.29, 0.717) is 24.7 Å². The molecule has 0 aliphatic carbocycles. The van der Waals surface area contributed by atoms with Crippen LogP contribution in [0.1, 0.15) is 54.8 Å². The molecule has 1 aliphatic rings. The van der Waals surface area contributed by atoms with Gasteiger partial charge in [-0.25, -0.2) is 19.9 Å². The van der Waals surface area contributed by atoms with Gasteiger partial charge in [-0.2, -0.15) is 5.26 Å². The minimum Gasteiger partial charge on any atom is -0.467 e. The predicted molar refractivity (Wildman–Crippen MR) is 151 cm³/mol. The van der Waals surface area contributed by atoms with Crippen LogP contribution in [-0.4, -0.2) is 48.5 Å². The number of nitrogens with one attached hydrogen (secondary N) is 1. The first-order valence-electron chi connectivity index (χ1n) is 12.9. The van der Waals surface area contributed by atoms with Gasteiger partial charge in [0.25, 0.3) is 0 Å². The lowest BCUT2D eigenvalue weighted by Gasteiger charge is -2.37. The molecular weight excluding hydrogens is 494 g/mol. The molecule has 38 heavy (non-hydrogen) atoms. The highest BCUT2D eigenvalue weighted by Crippen LogP contribution is 2.38. The molecule has 1 N–H and O–H groups in total. The first-order chi connectivity index (χ1) is 18.0. The van der Waals surface area contributed by atoms with E-state index >= 15 is 0 Å². The fourth-order valence-electron chi connectivity index (χ4n) is 4.19.